The number of benzene rings is 2. The lowest BCUT2D eigenvalue weighted by molar-refractivity contribution is -0.139. The number of carbonyl (C=O) groups excluding carboxylic acids is 3. The Morgan fingerprint density at radius 3 is 2.48 bits per heavy atom. The van der Waals surface area contributed by atoms with Crippen LogP contribution in [-0.2, 0) is 15.1 Å². The van der Waals surface area contributed by atoms with E-state index in [1.165, 1.54) is 14.2 Å². The quantitative estimate of drug-likeness (QED) is 0.685. The molecule has 29 heavy (non-hydrogen) atoms. The minimum absolute atomic E-state index is 0.364. The zero-order valence-electron chi connectivity index (χ0n) is 16.2. The number of hydrogen-bond donors (Lipinski definition) is 2. The van der Waals surface area contributed by atoms with Gasteiger partial charge < -0.3 is 19.5 Å². The van der Waals surface area contributed by atoms with E-state index in [2.05, 4.69) is 10.7 Å². The number of nitrogens with one attached hydrogen (secondary N) is 2. The highest BCUT2D eigenvalue weighted by Gasteiger charge is 2.50. The van der Waals surface area contributed by atoms with Gasteiger partial charge in [-0.25, -0.2) is 4.79 Å². The molecule has 2 aromatic rings. The lowest BCUT2D eigenvalue weighted by Crippen LogP contribution is -2.49. The van der Waals surface area contributed by atoms with Gasteiger partial charge in [-0.2, -0.15) is 5.01 Å². The highest BCUT2D eigenvalue weighted by atomic mass is 16.5. The van der Waals surface area contributed by atoms with Crippen molar-refractivity contribution in [1.29, 1.82) is 0 Å². The molecule has 0 spiro atoms. The van der Waals surface area contributed by atoms with Gasteiger partial charge in [0.15, 0.2) is 18.1 Å². The number of rotatable bonds is 7. The highest BCUT2D eigenvalue weighted by molar-refractivity contribution is 6.08. The van der Waals surface area contributed by atoms with Crippen LogP contribution < -0.4 is 25.0 Å². The fraction of sp³-hybridized carbons (Fsp3) is 0.250. The number of carbonyl (C=O) groups is 3. The van der Waals surface area contributed by atoms with E-state index in [1.807, 2.05) is 0 Å². The summed E-state index contributed by atoms with van der Waals surface area (Å²) in [5.41, 5.74) is 1.46. The molecule has 0 bridgehead atoms. The molecule has 2 N–H and O–H groups in total. The molecule has 1 fully saturated rings. The van der Waals surface area contributed by atoms with Crippen molar-refractivity contribution >= 4 is 17.8 Å². The SMILES string of the molecule is COc1cccc([C@]2(C)NC(=O)N(NC(=O)COc3ccccc3OC)C2=O)c1. The van der Waals surface area contributed by atoms with Crippen LogP contribution in [0.15, 0.2) is 48.5 Å². The summed E-state index contributed by atoms with van der Waals surface area (Å²) in [6.07, 6.45) is 0. The second kappa shape index (κ2) is 8.09. The molecule has 4 amide bonds. The van der Waals surface area contributed by atoms with Crippen LogP contribution in [0.25, 0.3) is 0 Å². The molecule has 2 aromatic carbocycles. The maximum absolute atomic E-state index is 12.9. The smallest absolute Gasteiger partial charge is 0.344 e. The summed E-state index contributed by atoms with van der Waals surface area (Å²) in [6.45, 7) is 1.15. The topological polar surface area (TPSA) is 106 Å². The van der Waals surface area contributed by atoms with Crippen molar-refractivity contribution < 1.29 is 28.6 Å². The Bertz CT molecular complexity index is 947. The first kappa shape index (κ1) is 20.0. The van der Waals surface area contributed by atoms with E-state index >= 15 is 0 Å². The summed E-state index contributed by atoms with van der Waals surface area (Å²) in [7, 11) is 2.99. The summed E-state index contributed by atoms with van der Waals surface area (Å²) < 4.78 is 15.7. The minimum atomic E-state index is -1.34. The van der Waals surface area contributed by atoms with E-state index in [9.17, 15) is 14.4 Å². The van der Waals surface area contributed by atoms with Crippen molar-refractivity contribution in [2.24, 2.45) is 0 Å². The number of para-hydroxylation sites is 2. The molecular formula is C20H21N3O6. The molecule has 9 heteroatoms. The predicted octanol–water partition coefficient (Wildman–Crippen LogP) is 1.58. The molecule has 3 rings (SSSR count). The van der Waals surface area contributed by atoms with Crippen molar-refractivity contribution in [3.8, 4) is 17.2 Å². The third-order valence-electron chi connectivity index (χ3n) is 4.50. The largest absolute Gasteiger partial charge is 0.497 e. The lowest BCUT2D eigenvalue weighted by Gasteiger charge is -2.22. The van der Waals surface area contributed by atoms with Gasteiger partial charge in [0.05, 0.1) is 14.2 Å². The van der Waals surface area contributed by atoms with Gasteiger partial charge in [-0.15, -0.1) is 0 Å². The first-order chi connectivity index (χ1) is 13.9. The van der Waals surface area contributed by atoms with Gasteiger partial charge in [0.25, 0.3) is 11.8 Å². The van der Waals surface area contributed by atoms with Crippen LogP contribution in [0.1, 0.15) is 12.5 Å². The number of urea groups is 1. The van der Waals surface area contributed by atoms with Crippen molar-refractivity contribution in [1.82, 2.24) is 15.8 Å². The van der Waals surface area contributed by atoms with Gasteiger partial charge in [0.1, 0.15) is 11.3 Å². The Labute approximate surface area is 167 Å². The monoisotopic (exact) mass is 399 g/mol. The van der Waals surface area contributed by atoms with E-state index in [4.69, 9.17) is 14.2 Å². The minimum Gasteiger partial charge on any atom is -0.497 e. The molecule has 1 atom stereocenters. The number of hydrazine groups is 1. The molecule has 1 aliphatic rings. The van der Waals surface area contributed by atoms with Crippen molar-refractivity contribution in [3.63, 3.8) is 0 Å². The van der Waals surface area contributed by atoms with Crippen LogP contribution >= 0.6 is 0 Å². The molecule has 0 radical (unpaired) electrons. The van der Waals surface area contributed by atoms with Gasteiger partial charge in [0.2, 0.25) is 0 Å². The van der Waals surface area contributed by atoms with Crippen LogP contribution in [0.4, 0.5) is 4.79 Å². The first-order valence-corrected chi connectivity index (χ1v) is 8.75. The van der Waals surface area contributed by atoms with Crippen molar-refractivity contribution in [2.75, 3.05) is 20.8 Å². The average molecular weight is 399 g/mol. The summed E-state index contributed by atoms with van der Waals surface area (Å²) in [4.78, 5) is 37.4. The normalized spacial score (nSPS) is 18.2. The molecule has 1 heterocycles. The number of methoxy groups -OCH3 is 2. The Balaban J connectivity index is 1.69. The van der Waals surface area contributed by atoms with E-state index < -0.39 is 30.0 Å². The third kappa shape index (κ3) is 3.93. The van der Waals surface area contributed by atoms with Gasteiger partial charge in [-0.05, 0) is 36.8 Å². The van der Waals surface area contributed by atoms with E-state index in [1.54, 1.807) is 55.5 Å². The summed E-state index contributed by atoms with van der Waals surface area (Å²) in [5.74, 6) is 0.0682. The Morgan fingerprint density at radius 2 is 1.79 bits per heavy atom. The van der Waals surface area contributed by atoms with Crippen LogP contribution in [0.5, 0.6) is 17.2 Å². The van der Waals surface area contributed by atoms with Crippen molar-refractivity contribution in [2.45, 2.75) is 12.5 Å². The van der Waals surface area contributed by atoms with Crippen LogP contribution in [0.2, 0.25) is 0 Å². The summed E-state index contributed by atoms with van der Waals surface area (Å²) >= 11 is 0. The molecule has 0 aromatic heterocycles. The number of ether oxygens (including phenoxy) is 3. The van der Waals surface area contributed by atoms with Crippen molar-refractivity contribution in [3.05, 3.63) is 54.1 Å². The van der Waals surface area contributed by atoms with E-state index in [-0.39, 0.29) is 0 Å². The molecular weight excluding hydrogens is 378 g/mol. The predicted molar refractivity (Wildman–Crippen MR) is 102 cm³/mol. The fourth-order valence-electron chi connectivity index (χ4n) is 2.91. The van der Waals surface area contributed by atoms with E-state index in [0.29, 0.717) is 27.8 Å². The molecule has 9 nitrogen and oxygen atoms in total. The lowest BCUT2D eigenvalue weighted by atomic mass is 9.92. The van der Waals surface area contributed by atoms with Crippen LogP contribution in [0, 0.1) is 0 Å². The van der Waals surface area contributed by atoms with Crippen LogP contribution in [0.3, 0.4) is 0 Å². The van der Waals surface area contributed by atoms with Gasteiger partial charge in [-0.3, -0.25) is 15.0 Å². The second-order valence-corrected chi connectivity index (χ2v) is 6.40. The summed E-state index contributed by atoms with van der Waals surface area (Å²) in [6, 6.07) is 12.8. The molecule has 1 aliphatic heterocycles. The Hall–Kier alpha value is -3.75. The first-order valence-electron chi connectivity index (χ1n) is 8.75. The standard InChI is InChI=1S/C20H21N3O6/c1-20(13-7-6-8-14(11-13)27-2)18(25)23(19(26)21-20)22-17(24)12-29-16-10-5-4-9-15(16)28-3/h4-11H,12H2,1-3H3,(H,21,26)(H,22,24)/t20-/m0/s1. The second-order valence-electron chi connectivity index (χ2n) is 6.40. The third-order valence-corrected chi connectivity index (χ3v) is 4.50. The zero-order chi connectivity index (χ0) is 21.0. The molecule has 0 unspecified atom stereocenters. The average Bonchev–Trinajstić information content (AvgIpc) is 2.96. The number of nitrogens with zero attached hydrogens (tertiary/aromatic N) is 1. The maximum Gasteiger partial charge on any atom is 0.344 e. The van der Waals surface area contributed by atoms with Crippen LogP contribution in [-0.4, -0.2) is 43.7 Å². The molecule has 152 valence electrons. The number of imide groups is 1. The highest BCUT2D eigenvalue weighted by Crippen LogP contribution is 2.30. The fourth-order valence-corrected chi connectivity index (χ4v) is 2.91. The molecule has 1 saturated heterocycles. The van der Waals surface area contributed by atoms with Gasteiger partial charge in [0, 0.05) is 0 Å². The number of amides is 4. The maximum atomic E-state index is 12.9. The Morgan fingerprint density at radius 1 is 1.07 bits per heavy atom. The summed E-state index contributed by atoms with van der Waals surface area (Å²) in [5, 5.41) is 3.25. The van der Waals surface area contributed by atoms with E-state index in [0.717, 1.165) is 0 Å². The van der Waals surface area contributed by atoms with Gasteiger partial charge in [-0.1, -0.05) is 24.3 Å². The molecule has 0 saturated carbocycles. The number of hydrogen-bond acceptors (Lipinski definition) is 6. The van der Waals surface area contributed by atoms with Gasteiger partial charge >= 0.3 is 6.03 Å². The Kier molecular flexibility index (Phi) is 5.58. The zero-order valence-corrected chi connectivity index (χ0v) is 16.2. The molecule has 0 aliphatic carbocycles.